The van der Waals surface area contributed by atoms with Gasteiger partial charge in [0.15, 0.2) is 0 Å². The van der Waals surface area contributed by atoms with Crippen LogP contribution in [0.2, 0.25) is 0 Å². The van der Waals surface area contributed by atoms with Gasteiger partial charge in [-0.1, -0.05) is 30.3 Å². The van der Waals surface area contributed by atoms with Gasteiger partial charge in [-0.05, 0) is 36.6 Å². The zero-order valence-corrected chi connectivity index (χ0v) is 13.3. The SMILES string of the molecule is O=S1(=O)[C@@H](c2ccccc2)CCCN1Cc1cc(F)ccc1F. The maximum Gasteiger partial charge on any atom is 0.221 e. The van der Waals surface area contributed by atoms with E-state index in [9.17, 15) is 17.2 Å². The summed E-state index contributed by atoms with van der Waals surface area (Å²) >= 11 is 0. The molecule has 0 radical (unpaired) electrons. The van der Waals surface area contributed by atoms with Crippen LogP contribution in [0.5, 0.6) is 0 Å². The molecule has 2 aromatic carbocycles. The second-order valence-corrected chi connectivity index (χ2v) is 7.77. The summed E-state index contributed by atoms with van der Waals surface area (Å²) < 4.78 is 54.0. The van der Waals surface area contributed by atoms with Crippen molar-refractivity contribution in [3.8, 4) is 0 Å². The first-order valence-corrected chi connectivity index (χ1v) is 8.96. The average molecular weight is 337 g/mol. The van der Waals surface area contributed by atoms with Gasteiger partial charge in [0.05, 0.1) is 0 Å². The van der Waals surface area contributed by atoms with E-state index in [0.29, 0.717) is 19.4 Å². The Balaban J connectivity index is 1.90. The number of benzene rings is 2. The lowest BCUT2D eigenvalue weighted by Gasteiger charge is -2.32. The Morgan fingerprint density at radius 2 is 1.83 bits per heavy atom. The summed E-state index contributed by atoms with van der Waals surface area (Å²) in [6.45, 7) is 0.177. The Bertz CT molecular complexity index is 793. The number of hydrogen-bond acceptors (Lipinski definition) is 2. The predicted octanol–water partition coefficient (Wildman–Crippen LogP) is 3.63. The third kappa shape index (κ3) is 3.28. The van der Waals surface area contributed by atoms with Crippen molar-refractivity contribution in [2.75, 3.05) is 6.54 Å². The van der Waals surface area contributed by atoms with Gasteiger partial charge in [0.1, 0.15) is 16.9 Å². The topological polar surface area (TPSA) is 37.4 Å². The molecule has 0 bridgehead atoms. The Kier molecular flexibility index (Phi) is 4.46. The largest absolute Gasteiger partial charge is 0.221 e. The third-order valence-corrected chi connectivity index (χ3v) is 6.38. The van der Waals surface area contributed by atoms with Crippen molar-refractivity contribution in [3.63, 3.8) is 0 Å². The first kappa shape index (κ1) is 16.1. The number of rotatable bonds is 3. The molecule has 1 aliphatic heterocycles. The molecule has 1 aliphatic rings. The van der Waals surface area contributed by atoms with E-state index >= 15 is 0 Å². The van der Waals surface area contributed by atoms with Crippen LogP contribution in [-0.4, -0.2) is 19.3 Å². The normalized spacial score (nSPS) is 21.2. The molecule has 0 spiro atoms. The van der Waals surface area contributed by atoms with Crippen LogP contribution >= 0.6 is 0 Å². The first-order chi connectivity index (χ1) is 11.0. The van der Waals surface area contributed by atoms with E-state index < -0.39 is 26.9 Å². The van der Waals surface area contributed by atoms with E-state index in [1.54, 1.807) is 24.3 Å². The molecule has 3 nitrogen and oxygen atoms in total. The quantitative estimate of drug-likeness (QED) is 0.858. The monoisotopic (exact) mass is 337 g/mol. The standard InChI is InChI=1S/C17H17F2NO2S/c18-15-8-9-16(19)14(11-15)12-20-10-4-7-17(23(20,21)22)13-5-2-1-3-6-13/h1-3,5-6,8-9,11,17H,4,7,10,12H2/t17-/m1/s1. The molecule has 0 unspecified atom stereocenters. The molecule has 1 heterocycles. The van der Waals surface area contributed by atoms with Crippen molar-refractivity contribution in [2.45, 2.75) is 24.6 Å². The van der Waals surface area contributed by atoms with Crippen molar-refractivity contribution < 1.29 is 17.2 Å². The van der Waals surface area contributed by atoms with Crippen LogP contribution in [-0.2, 0) is 16.6 Å². The number of sulfonamides is 1. The van der Waals surface area contributed by atoms with E-state index in [1.165, 1.54) is 4.31 Å². The number of hydrogen-bond donors (Lipinski definition) is 0. The molecule has 1 fully saturated rings. The second kappa shape index (κ2) is 6.37. The predicted molar refractivity (Wildman–Crippen MR) is 84.1 cm³/mol. The van der Waals surface area contributed by atoms with Crippen molar-refractivity contribution in [1.82, 2.24) is 4.31 Å². The van der Waals surface area contributed by atoms with Crippen molar-refractivity contribution in [2.24, 2.45) is 0 Å². The van der Waals surface area contributed by atoms with Crippen LogP contribution in [0.4, 0.5) is 8.78 Å². The summed E-state index contributed by atoms with van der Waals surface area (Å²) in [7, 11) is -3.60. The molecule has 6 heteroatoms. The lowest BCUT2D eigenvalue weighted by molar-refractivity contribution is 0.354. The van der Waals surface area contributed by atoms with Crippen LogP contribution < -0.4 is 0 Å². The molecule has 0 N–H and O–H groups in total. The molecule has 0 aliphatic carbocycles. The molecular formula is C17H17F2NO2S. The molecule has 23 heavy (non-hydrogen) atoms. The molecule has 0 amide bonds. The highest BCUT2D eigenvalue weighted by Gasteiger charge is 2.36. The van der Waals surface area contributed by atoms with Crippen LogP contribution in [0.1, 0.15) is 29.2 Å². The molecule has 0 saturated carbocycles. The summed E-state index contributed by atoms with van der Waals surface area (Å²) in [6, 6.07) is 12.1. The van der Waals surface area contributed by atoms with Crippen molar-refractivity contribution >= 4 is 10.0 Å². The van der Waals surface area contributed by atoms with Crippen LogP contribution in [0.3, 0.4) is 0 Å². The fraction of sp³-hybridized carbons (Fsp3) is 0.294. The molecule has 0 aromatic heterocycles. The van der Waals surface area contributed by atoms with Gasteiger partial charge in [-0.2, -0.15) is 4.31 Å². The zero-order valence-electron chi connectivity index (χ0n) is 12.5. The summed E-state index contributed by atoms with van der Waals surface area (Å²) in [4.78, 5) is 0. The van der Waals surface area contributed by atoms with E-state index in [-0.39, 0.29) is 12.1 Å². The maximum atomic E-state index is 13.8. The van der Waals surface area contributed by atoms with Crippen LogP contribution in [0.25, 0.3) is 0 Å². The van der Waals surface area contributed by atoms with E-state index in [4.69, 9.17) is 0 Å². The van der Waals surface area contributed by atoms with Gasteiger partial charge in [-0.3, -0.25) is 0 Å². The number of nitrogens with zero attached hydrogens (tertiary/aromatic N) is 1. The number of halogens is 2. The van der Waals surface area contributed by atoms with Crippen molar-refractivity contribution in [1.29, 1.82) is 0 Å². The molecule has 3 rings (SSSR count). The average Bonchev–Trinajstić information content (AvgIpc) is 2.53. The van der Waals surface area contributed by atoms with Gasteiger partial charge >= 0.3 is 0 Å². The second-order valence-electron chi connectivity index (χ2n) is 5.66. The minimum absolute atomic E-state index is 0.0577. The molecular weight excluding hydrogens is 320 g/mol. The summed E-state index contributed by atoms with van der Waals surface area (Å²) in [5, 5.41) is -0.630. The Hall–Kier alpha value is -1.79. The zero-order chi connectivity index (χ0) is 16.4. The van der Waals surface area contributed by atoms with E-state index in [1.807, 2.05) is 6.07 Å². The Morgan fingerprint density at radius 1 is 1.09 bits per heavy atom. The maximum absolute atomic E-state index is 13.8. The highest BCUT2D eigenvalue weighted by atomic mass is 32.2. The van der Waals surface area contributed by atoms with Crippen LogP contribution in [0, 0.1) is 11.6 Å². The third-order valence-electron chi connectivity index (χ3n) is 4.12. The van der Waals surface area contributed by atoms with Gasteiger partial charge in [0.2, 0.25) is 10.0 Å². The highest BCUT2D eigenvalue weighted by molar-refractivity contribution is 7.89. The highest BCUT2D eigenvalue weighted by Crippen LogP contribution is 2.35. The molecule has 1 atom stereocenters. The summed E-state index contributed by atoms with van der Waals surface area (Å²) in [6.07, 6.45) is 1.23. The van der Waals surface area contributed by atoms with Gasteiger partial charge in [0, 0.05) is 18.7 Å². The smallest absolute Gasteiger partial charge is 0.212 e. The lowest BCUT2D eigenvalue weighted by atomic mass is 10.1. The van der Waals surface area contributed by atoms with Gasteiger partial charge in [-0.15, -0.1) is 0 Å². The minimum atomic E-state index is -3.60. The molecule has 2 aromatic rings. The first-order valence-electron chi connectivity index (χ1n) is 7.46. The van der Waals surface area contributed by atoms with E-state index in [0.717, 1.165) is 23.8 Å². The van der Waals surface area contributed by atoms with Gasteiger partial charge < -0.3 is 0 Å². The lowest BCUT2D eigenvalue weighted by Crippen LogP contribution is -2.39. The van der Waals surface area contributed by atoms with Gasteiger partial charge in [0.25, 0.3) is 0 Å². The minimum Gasteiger partial charge on any atom is -0.212 e. The van der Waals surface area contributed by atoms with Gasteiger partial charge in [-0.25, -0.2) is 17.2 Å². The summed E-state index contributed by atoms with van der Waals surface area (Å²) in [5.41, 5.74) is 0.791. The molecule has 122 valence electrons. The Labute approximate surface area is 134 Å². The van der Waals surface area contributed by atoms with E-state index in [2.05, 4.69) is 0 Å². The summed E-state index contributed by atoms with van der Waals surface area (Å²) in [5.74, 6) is -1.17. The Morgan fingerprint density at radius 3 is 2.57 bits per heavy atom. The molecule has 1 saturated heterocycles. The fourth-order valence-electron chi connectivity index (χ4n) is 2.94. The van der Waals surface area contributed by atoms with Crippen LogP contribution in [0.15, 0.2) is 48.5 Å². The van der Waals surface area contributed by atoms with Crippen molar-refractivity contribution in [3.05, 3.63) is 71.3 Å². The fourth-order valence-corrected chi connectivity index (χ4v) is 4.97.